The number of hydrogen-bond donors (Lipinski definition) is 3. The third-order valence-electron chi connectivity index (χ3n) is 6.24. The van der Waals surface area contributed by atoms with Crippen molar-refractivity contribution in [2.45, 2.75) is 37.6 Å². The van der Waals surface area contributed by atoms with Crippen molar-refractivity contribution in [3.05, 3.63) is 17.0 Å². The van der Waals surface area contributed by atoms with Crippen molar-refractivity contribution in [3.63, 3.8) is 0 Å². The number of carboxylic acid groups (broad SMARTS) is 2. The fourth-order valence-corrected chi connectivity index (χ4v) is 4.62. The largest absolute Gasteiger partial charge is 0.485 e. The molecule has 0 spiro atoms. The molecule has 3 aliphatic heterocycles. The van der Waals surface area contributed by atoms with Crippen molar-refractivity contribution in [1.29, 1.82) is 0 Å². The molecule has 0 amide bonds. The monoisotopic (exact) mass is 510 g/mol. The molecule has 1 aromatic heterocycles. The Morgan fingerprint density at radius 1 is 0.971 bits per heavy atom. The summed E-state index contributed by atoms with van der Waals surface area (Å²) in [5.74, 6) is -1.36. The minimum Gasteiger partial charge on any atom is -0.485 e. The number of likely N-dealkylation sites (tertiary alicyclic amines) is 1. The summed E-state index contributed by atoms with van der Waals surface area (Å²) in [6.07, 6.45) is 4.28. The van der Waals surface area contributed by atoms with E-state index in [4.69, 9.17) is 55.8 Å². The molecule has 0 unspecified atom stereocenters. The highest BCUT2D eigenvalue weighted by molar-refractivity contribution is 6.34. The Bertz CT molecular complexity index is 1050. The Balaban J connectivity index is 0.000000431. The zero-order chi connectivity index (χ0) is 24.9. The molecule has 0 bridgehead atoms. The summed E-state index contributed by atoms with van der Waals surface area (Å²) in [6, 6.07) is 2.35. The Kier molecular flexibility index (Phi) is 7.93. The lowest BCUT2D eigenvalue weighted by molar-refractivity contribution is -0.159. The zero-order valence-corrected chi connectivity index (χ0v) is 19.7. The molecule has 0 saturated carbocycles. The van der Waals surface area contributed by atoms with E-state index in [1.54, 1.807) is 6.07 Å². The molecule has 190 valence electrons. The van der Waals surface area contributed by atoms with E-state index in [1.165, 1.54) is 0 Å². The summed E-state index contributed by atoms with van der Waals surface area (Å²) >= 11 is 6.28. The summed E-state index contributed by atoms with van der Waals surface area (Å²) in [4.78, 5) is 20.8. The van der Waals surface area contributed by atoms with Gasteiger partial charge in [-0.05, 0) is 44.8 Å². The van der Waals surface area contributed by atoms with E-state index in [2.05, 4.69) is 15.1 Å². The zero-order valence-electron chi connectivity index (χ0n) is 18.9. The SMILES string of the molecule is Nc1c(Cl)cc(-c2nnc(C3CCN(C4CCOCC4)CC3)o2)c2c1OCCO2.O=C(O)C(=O)O. The Hall–Kier alpha value is -3.09. The van der Waals surface area contributed by atoms with E-state index in [0.29, 0.717) is 58.8 Å². The van der Waals surface area contributed by atoms with E-state index >= 15 is 0 Å². The summed E-state index contributed by atoms with van der Waals surface area (Å²) < 4.78 is 23.0. The topological polar surface area (TPSA) is 170 Å². The highest BCUT2D eigenvalue weighted by Gasteiger charge is 2.31. The number of hydrogen-bond acceptors (Lipinski definition) is 10. The summed E-state index contributed by atoms with van der Waals surface area (Å²) in [7, 11) is 0. The lowest BCUT2D eigenvalue weighted by atomic mass is 9.94. The second-order valence-electron chi connectivity index (χ2n) is 8.38. The van der Waals surface area contributed by atoms with Crippen molar-refractivity contribution in [2.75, 3.05) is 45.3 Å². The first kappa shape index (κ1) is 25.0. The number of benzene rings is 1. The van der Waals surface area contributed by atoms with Crippen LogP contribution in [0.5, 0.6) is 11.5 Å². The van der Waals surface area contributed by atoms with Gasteiger partial charge in [0, 0.05) is 25.2 Å². The molecule has 13 heteroatoms. The predicted octanol–water partition coefficient (Wildman–Crippen LogP) is 2.26. The molecule has 12 nitrogen and oxygen atoms in total. The Morgan fingerprint density at radius 2 is 1.60 bits per heavy atom. The summed E-state index contributed by atoms with van der Waals surface area (Å²) in [5.41, 5.74) is 7.02. The molecular weight excluding hydrogens is 484 g/mol. The van der Waals surface area contributed by atoms with Crippen LogP contribution in [0, 0.1) is 0 Å². The van der Waals surface area contributed by atoms with E-state index in [1.807, 2.05) is 0 Å². The molecule has 3 aliphatic rings. The number of fused-ring (bicyclic) bond motifs is 1. The summed E-state index contributed by atoms with van der Waals surface area (Å²) in [6.45, 7) is 4.71. The number of rotatable bonds is 3. The molecule has 4 N–H and O–H groups in total. The van der Waals surface area contributed by atoms with Crippen LogP contribution < -0.4 is 15.2 Å². The van der Waals surface area contributed by atoms with Gasteiger partial charge in [0.1, 0.15) is 13.2 Å². The molecule has 0 radical (unpaired) electrons. The van der Waals surface area contributed by atoms with Gasteiger partial charge in [-0.15, -0.1) is 10.2 Å². The molecule has 1 aromatic carbocycles. The van der Waals surface area contributed by atoms with E-state index in [-0.39, 0.29) is 5.92 Å². The molecule has 4 heterocycles. The molecule has 0 atom stereocenters. The maximum atomic E-state index is 9.10. The quantitative estimate of drug-likeness (QED) is 0.407. The smallest absolute Gasteiger partial charge is 0.414 e. The molecular formula is C22H27ClN4O8. The van der Waals surface area contributed by atoms with Gasteiger partial charge < -0.3 is 39.5 Å². The first-order chi connectivity index (χ1) is 16.8. The van der Waals surface area contributed by atoms with Gasteiger partial charge in [-0.1, -0.05) is 11.6 Å². The van der Waals surface area contributed by atoms with Crippen LogP contribution in [0.25, 0.3) is 11.5 Å². The molecule has 5 rings (SSSR count). The van der Waals surface area contributed by atoms with Crippen LogP contribution in [0.2, 0.25) is 5.02 Å². The number of carboxylic acids is 2. The second kappa shape index (κ2) is 11.1. The number of aromatic nitrogens is 2. The third-order valence-corrected chi connectivity index (χ3v) is 6.55. The standard InChI is InChI=1S/C20H25ClN4O4.C2H2O4/c21-15-11-14(17-18(16(15)22)28-10-9-27-17)20-24-23-19(29-20)12-1-5-25(6-2-12)13-3-7-26-8-4-13;3-1(4)2(5)6/h11-13H,1-10,22H2;(H,3,4)(H,5,6). The van der Waals surface area contributed by atoms with Crippen LogP contribution in [0.4, 0.5) is 5.69 Å². The first-order valence-corrected chi connectivity index (χ1v) is 11.7. The number of anilines is 1. The lowest BCUT2D eigenvalue weighted by Gasteiger charge is -2.38. The third kappa shape index (κ3) is 5.77. The van der Waals surface area contributed by atoms with Crippen molar-refractivity contribution in [2.24, 2.45) is 0 Å². The second-order valence-corrected chi connectivity index (χ2v) is 8.79. The number of aliphatic carboxylic acids is 2. The Labute approximate surface area is 205 Å². The van der Waals surface area contributed by atoms with E-state index < -0.39 is 11.9 Å². The van der Waals surface area contributed by atoms with Crippen molar-refractivity contribution < 1.29 is 38.4 Å². The first-order valence-electron chi connectivity index (χ1n) is 11.3. The van der Waals surface area contributed by atoms with Gasteiger partial charge in [-0.2, -0.15) is 0 Å². The number of nitrogens with zero attached hydrogens (tertiary/aromatic N) is 3. The average molecular weight is 511 g/mol. The average Bonchev–Trinajstić information content (AvgIpc) is 3.37. The van der Waals surface area contributed by atoms with Crippen LogP contribution in [-0.2, 0) is 14.3 Å². The van der Waals surface area contributed by atoms with Crippen LogP contribution >= 0.6 is 11.6 Å². The van der Waals surface area contributed by atoms with Gasteiger partial charge >= 0.3 is 11.9 Å². The fraction of sp³-hybridized carbons (Fsp3) is 0.545. The minimum atomic E-state index is -1.82. The van der Waals surface area contributed by atoms with Gasteiger partial charge in [0.25, 0.3) is 5.89 Å². The van der Waals surface area contributed by atoms with Crippen LogP contribution in [0.15, 0.2) is 10.5 Å². The van der Waals surface area contributed by atoms with Crippen LogP contribution in [0.1, 0.15) is 37.5 Å². The molecule has 35 heavy (non-hydrogen) atoms. The number of ether oxygens (including phenoxy) is 3. The van der Waals surface area contributed by atoms with Crippen molar-refractivity contribution >= 4 is 29.2 Å². The highest BCUT2D eigenvalue weighted by atomic mass is 35.5. The maximum absolute atomic E-state index is 9.10. The van der Waals surface area contributed by atoms with Gasteiger partial charge in [0.2, 0.25) is 5.89 Å². The number of carbonyl (C=O) groups is 2. The summed E-state index contributed by atoms with van der Waals surface area (Å²) in [5, 5.41) is 23.8. The number of piperidine rings is 1. The van der Waals surface area contributed by atoms with Crippen molar-refractivity contribution in [3.8, 4) is 23.0 Å². The van der Waals surface area contributed by atoms with Gasteiger partial charge in [-0.25, -0.2) is 9.59 Å². The van der Waals surface area contributed by atoms with E-state index in [9.17, 15) is 0 Å². The molecule has 2 aromatic rings. The highest BCUT2D eigenvalue weighted by Crippen LogP contribution is 2.47. The normalized spacial score (nSPS) is 19.0. The van der Waals surface area contributed by atoms with Crippen molar-refractivity contribution in [1.82, 2.24) is 15.1 Å². The number of halogens is 1. The van der Waals surface area contributed by atoms with Crippen LogP contribution in [-0.4, -0.2) is 82.8 Å². The Morgan fingerprint density at radius 3 is 2.23 bits per heavy atom. The number of nitrogen functional groups attached to an aromatic ring is 1. The molecule has 0 aliphatic carbocycles. The predicted molar refractivity (Wildman–Crippen MR) is 123 cm³/mol. The van der Waals surface area contributed by atoms with Gasteiger partial charge in [0.15, 0.2) is 11.5 Å². The minimum absolute atomic E-state index is 0.268. The maximum Gasteiger partial charge on any atom is 0.414 e. The molecule has 2 fully saturated rings. The van der Waals surface area contributed by atoms with Crippen LogP contribution in [0.3, 0.4) is 0 Å². The molecule has 2 saturated heterocycles. The van der Waals surface area contributed by atoms with Gasteiger partial charge in [-0.3, -0.25) is 0 Å². The lowest BCUT2D eigenvalue weighted by Crippen LogP contribution is -2.43. The van der Waals surface area contributed by atoms with E-state index in [0.717, 1.165) is 52.0 Å². The fourth-order valence-electron chi connectivity index (χ4n) is 4.43. The van der Waals surface area contributed by atoms with Gasteiger partial charge in [0.05, 0.1) is 16.3 Å². The number of nitrogens with two attached hydrogens (primary N) is 1.